The number of hydrogen-bond donors (Lipinski definition) is 2. The van der Waals surface area contributed by atoms with Gasteiger partial charge in [-0.25, -0.2) is 4.79 Å². The lowest BCUT2D eigenvalue weighted by molar-refractivity contribution is -0.159. The second-order valence-electron chi connectivity index (χ2n) is 9.20. The number of alkyl halides is 3. The molecule has 0 aliphatic heterocycles. The smallest absolute Gasteiger partial charge is 0.416 e. The van der Waals surface area contributed by atoms with Crippen LogP contribution >= 0.6 is 0 Å². The van der Waals surface area contributed by atoms with Gasteiger partial charge in [0, 0.05) is 12.2 Å². The number of esters is 1. The van der Waals surface area contributed by atoms with Crippen LogP contribution in [0.4, 0.5) is 23.7 Å². The van der Waals surface area contributed by atoms with Gasteiger partial charge in [-0.2, -0.15) is 13.2 Å². The zero-order valence-corrected chi connectivity index (χ0v) is 20.0. The Morgan fingerprint density at radius 1 is 1.06 bits per heavy atom. The van der Waals surface area contributed by atoms with Gasteiger partial charge >= 0.3 is 18.2 Å². The number of rotatable bonds is 9. The molecule has 2 N–H and O–H groups in total. The van der Waals surface area contributed by atoms with Gasteiger partial charge in [0.05, 0.1) is 5.56 Å². The Morgan fingerprint density at radius 3 is 2.09 bits per heavy atom. The Morgan fingerprint density at radius 2 is 1.64 bits per heavy atom. The number of benzene rings is 1. The molecule has 186 valence electrons. The van der Waals surface area contributed by atoms with Crippen LogP contribution in [0.1, 0.15) is 59.9 Å². The highest BCUT2D eigenvalue weighted by Gasteiger charge is 2.31. The van der Waals surface area contributed by atoms with E-state index in [0.717, 1.165) is 24.3 Å². The fraction of sp³-hybridized carbons (Fsp3) is 0.609. The molecule has 7 nitrogen and oxygen atoms in total. The number of carbonyl (C=O) groups is 3. The monoisotopic (exact) mass is 473 g/mol. The van der Waals surface area contributed by atoms with Gasteiger partial charge in [0.25, 0.3) is 0 Å². The van der Waals surface area contributed by atoms with Gasteiger partial charge in [-0.15, -0.1) is 0 Å². The normalized spacial score (nSPS) is 12.8. The largest absolute Gasteiger partial charge is 0.459 e. The summed E-state index contributed by atoms with van der Waals surface area (Å²) in [5.74, 6) is -0.934. The first kappa shape index (κ1) is 28.3. The number of halogens is 3. The SMILES string of the molecule is CCCN(CC(=O)OC(C)(C)C)C(=O)C(CC(C)C)NC(=O)Nc1ccc(C(F)(F)F)cc1. The Labute approximate surface area is 193 Å². The second-order valence-corrected chi connectivity index (χ2v) is 9.20. The summed E-state index contributed by atoms with van der Waals surface area (Å²) in [4.78, 5) is 39.2. The maximum absolute atomic E-state index is 13.2. The van der Waals surface area contributed by atoms with Crippen LogP contribution in [-0.2, 0) is 20.5 Å². The zero-order chi connectivity index (χ0) is 25.4. The number of ether oxygens (including phenoxy) is 1. The molecule has 0 radical (unpaired) electrons. The van der Waals surface area contributed by atoms with Gasteiger partial charge in [-0.3, -0.25) is 9.59 Å². The summed E-state index contributed by atoms with van der Waals surface area (Å²) >= 11 is 0. The molecule has 3 amide bonds. The molecular weight excluding hydrogens is 439 g/mol. The van der Waals surface area contributed by atoms with Crippen LogP contribution in [0.5, 0.6) is 0 Å². The third kappa shape index (κ3) is 10.6. The van der Waals surface area contributed by atoms with Crippen molar-refractivity contribution in [2.45, 2.75) is 72.2 Å². The summed E-state index contributed by atoms with van der Waals surface area (Å²) in [6.45, 7) is 10.9. The lowest BCUT2D eigenvalue weighted by Gasteiger charge is -2.29. The van der Waals surface area contributed by atoms with Crippen LogP contribution in [0.25, 0.3) is 0 Å². The highest BCUT2D eigenvalue weighted by atomic mass is 19.4. The van der Waals surface area contributed by atoms with E-state index >= 15 is 0 Å². The van der Waals surface area contributed by atoms with E-state index in [1.807, 2.05) is 20.8 Å². The molecule has 0 spiro atoms. The fourth-order valence-electron chi connectivity index (χ4n) is 3.05. The molecule has 0 heterocycles. The van der Waals surface area contributed by atoms with Crippen molar-refractivity contribution in [1.82, 2.24) is 10.2 Å². The predicted molar refractivity (Wildman–Crippen MR) is 120 cm³/mol. The molecule has 0 aromatic heterocycles. The summed E-state index contributed by atoms with van der Waals surface area (Å²) in [6, 6.07) is 2.32. The third-order valence-electron chi connectivity index (χ3n) is 4.33. The van der Waals surface area contributed by atoms with E-state index in [9.17, 15) is 27.6 Å². The first-order valence-corrected chi connectivity index (χ1v) is 10.9. The zero-order valence-electron chi connectivity index (χ0n) is 20.0. The van der Waals surface area contributed by atoms with E-state index in [1.54, 1.807) is 20.8 Å². The van der Waals surface area contributed by atoms with Crippen LogP contribution in [0, 0.1) is 5.92 Å². The summed E-state index contributed by atoms with van der Waals surface area (Å²) in [7, 11) is 0. The number of anilines is 1. The van der Waals surface area contributed by atoms with Crippen molar-refractivity contribution >= 4 is 23.6 Å². The van der Waals surface area contributed by atoms with Gasteiger partial charge < -0.3 is 20.3 Å². The molecule has 0 aliphatic rings. The predicted octanol–water partition coefficient (Wildman–Crippen LogP) is 4.82. The van der Waals surface area contributed by atoms with Gasteiger partial charge in [0.2, 0.25) is 5.91 Å². The van der Waals surface area contributed by atoms with E-state index in [4.69, 9.17) is 4.74 Å². The van der Waals surface area contributed by atoms with Crippen molar-refractivity contribution in [2.24, 2.45) is 5.92 Å². The van der Waals surface area contributed by atoms with Crippen molar-refractivity contribution in [1.29, 1.82) is 0 Å². The molecule has 0 bridgehead atoms. The molecule has 10 heteroatoms. The van der Waals surface area contributed by atoms with Gasteiger partial charge in [0.1, 0.15) is 18.2 Å². The highest BCUT2D eigenvalue weighted by Crippen LogP contribution is 2.29. The van der Waals surface area contributed by atoms with E-state index in [2.05, 4.69) is 10.6 Å². The Hall–Kier alpha value is -2.78. The van der Waals surface area contributed by atoms with Crippen molar-refractivity contribution < 1.29 is 32.3 Å². The van der Waals surface area contributed by atoms with Crippen molar-refractivity contribution in [2.75, 3.05) is 18.4 Å². The molecule has 33 heavy (non-hydrogen) atoms. The van der Waals surface area contributed by atoms with E-state index in [-0.39, 0.29) is 18.2 Å². The van der Waals surface area contributed by atoms with Crippen molar-refractivity contribution in [3.63, 3.8) is 0 Å². The maximum atomic E-state index is 13.2. The Balaban J connectivity index is 2.91. The number of hydrogen-bond acceptors (Lipinski definition) is 4. The lowest BCUT2D eigenvalue weighted by Crippen LogP contribution is -2.52. The molecule has 0 saturated carbocycles. The van der Waals surface area contributed by atoms with Gasteiger partial charge in [0.15, 0.2) is 0 Å². The summed E-state index contributed by atoms with van der Waals surface area (Å²) in [6.07, 6.45) is -3.57. The number of urea groups is 1. The molecule has 1 atom stereocenters. The third-order valence-corrected chi connectivity index (χ3v) is 4.33. The molecule has 0 fully saturated rings. The standard InChI is InChI=1S/C23H34F3N3O4/c1-7-12-29(14-19(30)33-22(4,5)6)20(31)18(13-15(2)3)28-21(32)27-17-10-8-16(9-11-17)23(24,25)26/h8-11,15,18H,7,12-14H2,1-6H3,(H2,27,28,32). The number of nitrogens with zero attached hydrogens (tertiary/aromatic N) is 1. The van der Waals surface area contributed by atoms with Crippen LogP contribution in [0.15, 0.2) is 24.3 Å². The summed E-state index contributed by atoms with van der Waals surface area (Å²) < 4.78 is 43.4. The molecule has 1 rings (SSSR count). The average Bonchev–Trinajstić information content (AvgIpc) is 2.64. The minimum absolute atomic E-state index is 0.0512. The quantitative estimate of drug-likeness (QED) is 0.504. The molecule has 0 saturated heterocycles. The number of carbonyl (C=O) groups excluding carboxylic acids is 3. The Bertz CT molecular complexity index is 803. The highest BCUT2D eigenvalue weighted by molar-refractivity contribution is 5.94. The Kier molecular flexibility index (Phi) is 10.2. The van der Waals surface area contributed by atoms with Crippen molar-refractivity contribution in [3.05, 3.63) is 29.8 Å². The second kappa shape index (κ2) is 11.9. The lowest BCUT2D eigenvalue weighted by atomic mass is 10.0. The first-order chi connectivity index (χ1) is 15.1. The van der Waals surface area contributed by atoms with Crippen LogP contribution < -0.4 is 10.6 Å². The molecule has 1 aromatic carbocycles. The van der Waals surface area contributed by atoms with Crippen LogP contribution in [0.3, 0.4) is 0 Å². The van der Waals surface area contributed by atoms with Crippen LogP contribution in [0.2, 0.25) is 0 Å². The molecule has 1 unspecified atom stereocenters. The molecule has 1 aromatic rings. The average molecular weight is 474 g/mol. The molecular formula is C23H34F3N3O4. The number of nitrogens with one attached hydrogen (secondary N) is 2. The molecule has 0 aliphatic carbocycles. The number of amides is 3. The van der Waals surface area contributed by atoms with Gasteiger partial charge in [-0.1, -0.05) is 20.8 Å². The minimum Gasteiger partial charge on any atom is -0.459 e. The van der Waals surface area contributed by atoms with E-state index in [1.165, 1.54) is 4.90 Å². The van der Waals surface area contributed by atoms with Crippen LogP contribution in [-0.4, -0.2) is 47.5 Å². The fourth-order valence-corrected chi connectivity index (χ4v) is 3.05. The first-order valence-electron chi connectivity index (χ1n) is 10.9. The minimum atomic E-state index is -4.48. The van der Waals surface area contributed by atoms with E-state index < -0.39 is 41.3 Å². The summed E-state index contributed by atoms with van der Waals surface area (Å²) in [5, 5.41) is 5.03. The summed E-state index contributed by atoms with van der Waals surface area (Å²) in [5.41, 5.74) is -1.39. The topological polar surface area (TPSA) is 87.7 Å². The van der Waals surface area contributed by atoms with E-state index in [0.29, 0.717) is 19.4 Å². The maximum Gasteiger partial charge on any atom is 0.416 e. The van der Waals surface area contributed by atoms with Crippen molar-refractivity contribution in [3.8, 4) is 0 Å². The van der Waals surface area contributed by atoms with Gasteiger partial charge in [-0.05, 0) is 63.8 Å².